The molecule has 1 aromatic carbocycles. The minimum Gasteiger partial charge on any atom is -0.371 e. The van der Waals surface area contributed by atoms with Crippen molar-refractivity contribution in [2.24, 2.45) is 0 Å². The first kappa shape index (κ1) is 15.2. The van der Waals surface area contributed by atoms with Crippen molar-refractivity contribution in [3.05, 3.63) is 59.4 Å². The SMILES string of the molecule is N#Cc1ccc(C(=O)Nc2ccc([C@H]3CNCCO3)cc2)cn1. The Balaban J connectivity index is 1.65. The predicted octanol–water partition coefficient (Wildman–Crippen LogP) is 1.87. The van der Waals surface area contributed by atoms with Gasteiger partial charge < -0.3 is 15.4 Å². The Morgan fingerprint density at radius 1 is 1.30 bits per heavy atom. The van der Waals surface area contributed by atoms with Gasteiger partial charge in [0.15, 0.2) is 0 Å². The maximum atomic E-state index is 12.1. The van der Waals surface area contributed by atoms with Crippen LogP contribution in [0.25, 0.3) is 0 Å². The molecule has 1 saturated heterocycles. The third-order valence-electron chi connectivity index (χ3n) is 3.61. The van der Waals surface area contributed by atoms with Crippen molar-refractivity contribution >= 4 is 11.6 Å². The number of carbonyl (C=O) groups excluding carboxylic acids is 1. The lowest BCUT2D eigenvalue weighted by atomic mass is 10.1. The topological polar surface area (TPSA) is 87.0 Å². The van der Waals surface area contributed by atoms with Crippen LogP contribution in [0.3, 0.4) is 0 Å². The lowest BCUT2D eigenvalue weighted by molar-refractivity contribution is 0.0277. The number of ether oxygens (including phenoxy) is 1. The van der Waals surface area contributed by atoms with Crippen molar-refractivity contribution in [3.8, 4) is 6.07 Å². The summed E-state index contributed by atoms with van der Waals surface area (Å²) in [6.07, 6.45) is 1.44. The van der Waals surface area contributed by atoms with Crippen molar-refractivity contribution in [3.63, 3.8) is 0 Å². The summed E-state index contributed by atoms with van der Waals surface area (Å²) in [6.45, 7) is 2.38. The number of carbonyl (C=O) groups is 1. The number of hydrogen-bond donors (Lipinski definition) is 2. The minimum absolute atomic E-state index is 0.0521. The molecule has 1 aliphatic rings. The van der Waals surface area contributed by atoms with E-state index in [4.69, 9.17) is 10.00 Å². The molecule has 116 valence electrons. The van der Waals surface area contributed by atoms with Gasteiger partial charge in [0.2, 0.25) is 0 Å². The van der Waals surface area contributed by atoms with Crippen LogP contribution in [0.15, 0.2) is 42.6 Å². The summed E-state index contributed by atoms with van der Waals surface area (Å²) >= 11 is 0. The van der Waals surface area contributed by atoms with Gasteiger partial charge in [0.1, 0.15) is 11.8 Å². The van der Waals surface area contributed by atoms with E-state index >= 15 is 0 Å². The summed E-state index contributed by atoms with van der Waals surface area (Å²) < 4.78 is 5.69. The molecule has 0 unspecified atom stereocenters. The molecular formula is C17H16N4O2. The fraction of sp³-hybridized carbons (Fsp3) is 0.235. The molecule has 1 amide bonds. The minimum atomic E-state index is -0.259. The number of nitrogens with one attached hydrogen (secondary N) is 2. The molecule has 1 atom stereocenters. The highest BCUT2D eigenvalue weighted by molar-refractivity contribution is 6.04. The average molecular weight is 308 g/mol. The van der Waals surface area contributed by atoms with E-state index in [1.165, 1.54) is 12.3 Å². The van der Waals surface area contributed by atoms with Crippen molar-refractivity contribution in [1.29, 1.82) is 5.26 Å². The number of pyridine rings is 1. The van der Waals surface area contributed by atoms with E-state index in [0.717, 1.165) is 18.7 Å². The van der Waals surface area contributed by atoms with E-state index in [1.54, 1.807) is 6.07 Å². The first-order chi connectivity index (χ1) is 11.3. The van der Waals surface area contributed by atoms with Gasteiger partial charge in [-0.25, -0.2) is 4.98 Å². The Morgan fingerprint density at radius 2 is 2.13 bits per heavy atom. The quantitative estimate of drug-likeness (QED) is 0.904. The van der Waals surface area contributed by atoms with Crippen LogP contribution in [0, 0.1) is 11.3 Å². The summed E-state index contributed by atoms with van der Waals surface area (Å²) in [7, 11) is 0. The molecule has 6 nitrogen and oxygen atoms in total. The number of rotatable bonds is 3. The zero-order valence-electron chi connectivity index (χ0n) is 12.5. The summed E-state index contributed by atoms with van der Waals surface area (Å²) in [4.78, 5) is 16.0. The Labute approximate surface area is 134 Å². The van der Waals surface area contributed by atoms with Gasteiger partial charge in [0, 0.05) is 25.0 Å². The molecule has 0 saturated carbocycles. The second kappa shape index (κ2) is 7.01. The molecule has 0 bridgehead atoms. The second-order valence-electron chi connectivity index (χ2n) is 5.18. The van der Waals surface area contributed by atoms with Crippen molar-refractivity contribution < 1.29 is 9.53 Å². The second-order valence-corrected chi connectivity index (χ2v) is 5.18. The molecule has 0 aliphatic carbocycles. The summed E-state index contributed by atoms with van der Waals surface area (Å²) in [5, 5.41) is 14.8. The van der Waals surface area contributed by atoms with Crippen LogP contribution < -0.4 is 10.6 Å². The van der Waals surface area contributed by atoms with E-state index in [9.17, 15) is 4.79 Å². The van der Waals surface area contributed by atoms with E-state index in [-0.39, 0.29) is 17.7 Å². The van der Waals surface area contributed by atoms with Crippen molar-refractivity contribution in [2.45, 2.75) is 6.10 Å². The number of aromatic nitrogens is 1. The molecule has 0 radical (unpaired) electrons. The summed E-state index contributed by atoms with van der Waals surface area (Å²) in [5.41, 5.74) is 2.47. The van der Waals surface area contributed by atoms with Crippen LogP contribution >= 0.6 is 0 Å². The Morgan fingerprint density at radius 3 is 2.74 bits per heavy atom. The fourth-order valence-electron chi connectivity index (χ4n) is 2.36. The lowest BCUT2D eigenvalue weighted by Gasteiger charge is -2.24. The number of morpholine rings is 1. The zero-order chi connectivity index (χ0) is 16.1. The number of hydrogen-bond acceptors (Lipinski definition) is 5. The Hall–Kier alpha value is -2.75. The van der Waals surface area contributed by atoms with Crippen LogP contribution in [0.4, 0.5) is 5.69 Å². The van der Waals surface area contributed by atoms with Crippen molar-refractivity contribution in [1.82, 2.24) is 10.3 Å². The largest absolute Gasteiger partial charge is 0.371 e. The molecule has 0 spiro atoms. The third-order valence-corrected chi connectivity index (χ3v) is 3.61. The molecule has 23 heavy (non-hydrogen) atoms. The van der Waals surface area contributed by atoms with Crippen LogP contribution in [-0.2, 0) is 4.74 Å². The first-order valence-corrected chi connectivity index (χ1v) is 7.36. The molecule has 1 aromatic heterocycles. The van der Waals surface area contributed by atoms with Gasteiger partial charge in [0.05, 0.1) is 18.3 Å². The molecular weight excluding hydrogens is 292 g/mol. The molecule has 6 heteroatoms. The van der Waals surface area contributed by atoms with Crippen LogP contribution in [-0.4, -0.2) is 30.6 Å². The van der Waals surface area contributed by atoms with Gasteiger partial charge in [-0.3, -0.25) is 4.79 Å². The maximum Gasteiger partial charge on any atom is 0.257 e. The maximum absolute atomic E-state index is 12.1. The van der Waals surface area contributed by atoms with E-state index < -0.39 is 0 Å². The van der Waals surface area contributed by atoms with Gasteiger partial charge in [-0.1, -0.05) is 12.1 Å². The molecule has 3 rings (SSSR count). The fourth-order valence-corrected chi connectivity index (χ4v) is 2.36. The number of anilines is 1. The van der Waals surface area contributed by atoms with Gasteiger partial charge >= 0.3 is 0 Å². The number of nitrogens with zero attached hydrogens (tertiary/aromatic N) is 2. The van der Waals surface area contributed by atoms with E-state index in [2.05, 4.69) is 15.6 Å². The molecule has 2 N–H and O–H groups in total. The van der Waals surface area contributed by atoms with Crippen LogP contribution in [0.1, 0.15) is 27.7 Å². The first-order valence-electron chi connectivity index (χ1n) is 7.36. The number of benzene rings is 1. The van der Waals surface area contributed by atoms with Gasteiger partial charge in [0.25, 0.3) is 5.91 Å². The van der Waals surface area contributed by atoms with Gasteiger partial charge in [-0.2, -0.15) is 5.26 Å². The highest BCUT2D eigenvalue weighted by atomic mass is 16.5. The van der Waals surface area contributed by atoms with E-state index in [0.29, 0.717) is 17.9 Å². The van der Waals surface area contributed by atoms with Gasteiger partial charge in [-0.15, -0.1) is 0 Å². The molecule has 1 aliphatic heterocycles. The highest BCUT2D eigenvalue weighted by Crippen LogP contribution is 2.21. The number of amides is 1. The number of nitriles is 1. The zero-order valence-corrected chi connectivity index (χ0v) is 12.5. The van der Waals surface area contributed by atoms with Gasteiger partial charge in [-0.05, 0) is 29.8 Å². The van der Waals surface area contributed by atoms with Crippen molar-refractivity contribution in [2.75, 3.05) is 25.0 Å². The van der Waals surface area contributed by atoms with Crippen LogP contribution in [0.5, 0.6) is 0 Å². The van der Waals surface area contributed by atoms with Crippen LogP contribution in [0.2, 0.25) is 0 Å². The molecule has 2 heterocycles. The Bertz CT molecular complexity index is 714. The lowest BCUT2D eigenvalue weighted by Crippen LogP contribution is -2.33. The summed E-state index contributed by atoms with van der Waals surface area (Å²) in [5.74, 6) is -0.259. The smallest absolute Gasteiger partial charge is 0.257 e. The standard InChI is InChI=1S/C17H16N4O2/c18-9-15-6-3-13(10-20-15)17(22)21-14-4-1-12(2-5-14)16-11-19-7-8-23-16/h1-6,10,16,19H,7-8,11H2,(H,21,22)/t16-/m1/s1. The monoisotopic (exact) mass is 308 g/mol. The highest BCUT2D eigenvalue weighted by Gasteiger charge is 2.15. The third kappa shape index (κ3) is 3.72. The average Bonchev–Trinajstić information content (AvgIpc) is 2.63. The summed E-state index contributed by atoms with van der Waals surface area (Å²) in [6, 6.07) is 12.6. The Kier molecular flexibility index (Phi) is 4.62. The molecule has 2 aromatic rings. The van der Waals surface area contributed by atoms with E-state index in [1.807, 2.05) is 30.3 Å². The predicted molar refractivity (Wildman–Crippen MR) is 84.9 cm³/mol. The molecule has 1 fully saturated rings. The normalized spacial score (nSPS) is 17.3.